The number of likely N-dealkylation sites (N-methyl/N-ethyl adjacent to an activating group) is 1. The summed E-state index contributed by atoms with van der Waals surface area (Å²) in [6, 6.07) is 6.56. The highest BCUT2D eigenvalue weighted by atomic mass is 16.5. The van der Waals surface area contributed by atoms with Crippen LogP contribution in [0.25, 0.3) is 0 Å². The molecule has 0 radical (unpaired) electrons. The van der Waals surface area contributed by atoms with Crippen molar-refractivity contribution >= 4 is 5.69 Å². The van der Waals surface area contributed by atoms with E-state index in [1.54, 1.807) is 0 Å². The summed E-state index contributed by atoms with van der Waals surface area (Å²) in [4.78, 5) is 2.30. The van der Waals surface area contributed by atoms with Crippen LogP contribution in [0.5, 0.6) is 5.75 Å². The molecule has 1 atom stereocenters. The molecule has 0 saturated carbocycles. The summed E-state index contributed by atoms with van der Waals surface area (Å²) in [5, 5.41) is 0. The highest BCUT2D eigenvalue weighted by Crippen LogP contribution is 2.34. The van der Waals surface area contributed by atoms with Crippen LogP contribution in [-0.2, 0) is 6.42 Å². The van der Waals surface area contributed by atoms with Gasteiger partial charge >= 0.3 is 0 Å². The number of ether oxygens (including phenoxy) is 1. The van der Waals surface area contributed by atoms with Gasteiger partial charge in [-0.1, -0.05) is 13.0 Å². The Labute approximate surface area is 110 Å². The van der Waals surface area contributed by atoms with Crippen molar-refractivity contribution in [3.8, 4) is 5.75 Å². The number of aryl methyl sites for hydroxylation is 1. The predicted molar refractivity (Wildman–Crippen MR) is 76.4 cm³/mol. The molecule has 0 aliphatic carbocycles. The minimum Gasteiger partial charge on any atom is -0.486 e. The molecule has 1 aromatic carbocycles. The Balaban J connectivity index is 2.09. The Morgan fingerprint density at radius 3 is 2.94 bits per heavy atom. The number of fused-ring (bicyclic) bond motifs is 1. The fraction of sp³-hybridized carbons (Fsp3) is 0.600. The molecule has 0 fully saturated rings. The first-order chi connectivity index (χ1) is 8.74. The quantitative estimate of drug-likeness (QED) is 0.814. The number of anilines is 1. The van der Waals surface area contributed by atoms with E-state index in [0.717, 1.165) is 44.5 Å². The average Bonchev–Trinajstić information content (AvgIpc) is 2.39. The summed E-state index contributed by atoms with van der Waals surface area (Å²) in [5.74, 6) is 1.03. The smallest absolute Gasteiger partial charge is 0.143 e. The van der Waals surface area contributed by atoms with Crippen molar-refractivity contribution in [3.63, 3.8) is 0 Å². The summed E-state index contributed by atoms with van der Waals surface area (Å²) < 4.78 is 5.97. The Kier molecular flexibility index (Phi) is 4.48. The molecule has 1 aliphatic heterocycles. The predicted octanol–water partition coefficient (Wildman–Crippen LogP) is 2.58. The molecule has 1 aliphatic rings. The van der Waals surface area contributed by atoms with Gasteiger partial charge < -0.3 is 15.4 Å². The molecule has 18 heavy (non-hydrogen) atoms. The molecule has 0 bridgehead atoms. The highest BCUT2D eigenvalue weighted by Gasteiger charge is 2.22. The first-order valence-electron chi connectivity index (χ1n) is 6.95. The van der Waals surface area contributed by atoms with Gasteiger partial charge in [0.05, 0.1) is 12.2 Å². The highest BCUT2D eigenvalue weighted by molar-refractivity contribution is 5.61. The second kappa shape index (κ2) is 6.10. The monoisotopic (exact) mass is 248 g/mol. The number of unbranched alkanes of at least 4 members (excludes halogenated alkanes) is 1. The summed E-state index contributed by atoms with van der Waals surface area (Å²) in [6.45, 7) is 3.94. The average molecular weight is 248 g/mol. The molecule has 2 N–H and O–H groups in total. The van der Waals surface area contributed by atoms with Gasteiger partial charge in [-0.2, -0.15) is 0 Å². The van der Waals surface area contributed by atoms with Crippen molar-refractivity contribution in [3.05, 3.63) is 23.8 Å². The lowest BCUT2D eigenvalue weighted by Crippen LogP contribution is -2.37. The summed E-state index contributed by atoms with van der Waals surface area (Å²) in [6.07, 6.45) is 4.75. The van der Waals surface area contributed by atoms with Gasteiger partial charge in [-0.05, 0) is 49.9 Å². The Morgan fingerprint density at radius 2 is 2.22 bits per heavy atom. The number of nitrogens with zero attached hydrogens (tertiary/aromatic N) is 1. The molecule has 0 aromatic heterocycles. The van der Waals surface area contributed by atoms with Crippen molar-refractivity contribution < 1.29 is 4.74 Å². The topological polar surface area (TPSA) is 38.5 Å². The van der Waals surface area contributed by atoms with Gasteiger partial charge in [-0.15, -0.1) is 0 Å². The van der Waals surface area contributed by atoms with Crippen molar-refractivity contribution in [2.45, 2.75) is 38.7 Å². The summed E-state index contributed by atoms with van der Waals surface area (Å²) in [5.41, 5.74) is 8.14. The second-order valence-electron chi connectivity index (χ2n) is 5.08. The molecule has 3 nitrogen and oxygen atoms in total. The maximum absolute atomic E-state index is 5.97. The van der Waals surface area contributed by atoms with E-state index >= 15 is 0 Å². The zero-order valence-electron chi connectivity index (χ0n) is 11.5. The van der Waals surface area contributed by atoms with Crippen molar-refractivity contribution in [1.29, 1.82) is 0 Å². The first kappa shape index (κ1) is 13.2. The number of rotatable bonds is 5. The zero-order chi connectivity index (χ0) is 13.0. The molecule has 3 heteroatoms. The van der Waals surface area contributed by atoms with E-state index < -0.39 is 0 Å². The van der Waals surface area contributed by atoms with Crippen LogP contribution >= 0.6 is 0 Å². The minimum absolute atomic E-state index is 0.325. The molecular formula is C15H24N2O. The van der Waals surface area contributed by atoms with Crippen LogP contribution < -0.4 is 15.4 Å². The standard InChI is InChI=1S/C15H24N2O/c1-3-13-11-17(2)14-10-12(6-4-5-9-16)7-8-15(14)18-13/h7-8,10,13H,3-6,9,11,16H2,1-2H3. The normalized spacial score (nSPS) is 18.4. The lowest BCUT2D eigenvalue weighted by atomic mass is 10.1. The maximum Gasteiger partial charge on any atom is 0.143 e. The van der Waals surface area contributed by atoms with E-state index in [-0.39, 0.29) is 0 Å². The van der Waals surface area contributed by atoms with Crippen LogP contribution in [0.15, 0.2) is 18.2 Å². The maximum atomic E-state index is 5.97. The Morgan fingerprint density at radius 1 is 1.39 bits per heavy atom. The van der Waals surface area contributed by atoms with E-state index in [0.29, 0.717) is 6.10 Å². The Bertz CT molecular complexity index is 392. The molecule has 0 spiro atoms. The first-order valence-corrected chi connectivity index (χ1v) is 6.95. The van der Waals surface area contributed by atoms with E-state index in [2.05, 4.69) is 37.1 Å². The van der Waals surface area contributed by atoms with Gasteiger partial charge in [0.2, 0.25) is 0 Å². The Hall–Kier alpha value is -1.22. The summed E-state index contributed by atoms with van der Waals surface area (Å²) >= 11 is 0. The lowest BCUT2D eigenvalue weighted by Gasteiger charge is -2.33. The third kappa shape index (κ3) is 2.96. The van der Waals surface area contributed by atoms with Crippen molar-refractivity contribution in [2.75, 3.05) is 25.0 Å². The van der Waals surface area contributed by atoms with Crippen LogP contribution in [0, 0.1) is 0 Å². The fourth-order valence-corrected chi connectivity index (χ4v) is 2.42. The van der Waals surface area contributed by atoms with Gasteiger partial charge in [0.1, 0.15) is 11.9 Å². The van der Waals surface area contributed by atoms with Crippen LogP contribution in [-0.4, -0.2) is 26.2 Å². The molecular weight excluding hydrogens is 224 g/mol. The molecule has 1 aromatic rings. The van der Waals surface area contributed by atoms with Crippen LogP contribution in [0.2, 0.25) is 0 Å². The van der Waals surface area contributed by atoms with E-state index in [1.807, 2.05) is 0 Å². The van der Waals surface area contributed by atoms with Gasteiger partial charge in [-0.25, -0.2) is 0 Å². The zero-order valence-corrected chi connectivity index (χ0v) is 11.5. The molecule has 0 saturated heterocycles. The van der Waals surface area contributed by atoms with Crippen LogP contribution in [0.4, 0.5) is 5.69 Å². The molecule has 1 unspecified atom stereocenters. The molecule has 100 valence electrons. The fourth-order valence-electron chi connectivity index (χ4n) is 2.42. The molecule has 1 heterocycles. The number of nitrogens with two attached hydrogens (primary N) is 1. The van der Waals surface area contributed by atoms with E-state index in [1.165, 1.54) is 11.3 Å². The van der Waals surface area contributed by atoms with Gasteiger partial charge in [0.15, 0.2) is 0 Å². The van der Waals surface area contributed by atoms with Crippen molar-refractivity contribution in [1.82, 2.24) is 0 Å². The largest absolute Gasteiger partial charge is 0.486 e. The minimum atomic E-state index is 0.325. The van der Waals surface area contributed by atoms with E-state index in [9.17, 15) is 0 Å². The van der Waals surface area contributed by atoms with Gasteiger partial charge in [-0.3, -0.25) is 0 Å². The van der Waals surface area contributed by atoms with E-state index in [4.69, 9.17) is 10.5 Å². The lowest BCUT2D eigenvalue weighted by molar-refractivity contribution is 0.191. The number of hydrogen-bond acceptors (Lipinski definition) is 3. The SMILES string of the molecule is CCC1CN(C)c2cc(CCCCN)ccc2O1. The number of benzene rings is 1. The van der Waals surface area contributed by atoms with Crippen LogP contribution in [0.3, 0.4) is 0 Å². The summed E-state index contributed by atoms with van der Waals surface area (Å²) in [7, 11) is 2.15. The van der Waals surface area contributed by atoms with Crippen LogP contribution in [0.1, 0.15) is 31.7 Å². The molecule has 0 amide bonds. The third-order valence-electron chi connectivity index (χ3n) is 3.58. The third-order valence-corrected chi connectivity index (χ3v) is 3.58. The van der Waals surface area contributed by atoms with Crippen molar-refractivity contribution in [2.24, 2.45) is 5.73 Å². The molecule has 2 rings (SSSR count). The van der Waals surface area contributed by atoms with Gasteiger partial charge in [0, 0.05) is 7.05 Å². The number of hydrogen-bond donors (Lipinski definition) is 1. The van der Waals surface area contributed by atoms with Gasteiger partial charge in [0.25, 0.3) is 0 Å². The second-order valence-corrected chi connectivity index (χ2v) is 5.08.